The summed E-state index contributed by atoms with van der Waals surface area (Å²) in [7, 11) is -3.03. The predicted molar refractivity (Wildman–Crippen MR) is 112 cm³/mol. The first kappa shape index (κ1) is 24.1. The van der Waals surface area contributed by atoms with Crippen molar-refractivity contribution in [3.8, 4) is 0 Å². The van der Waals surface area contributed by atoms with E-state index in [0.29, 0.717) is 16.1 Å². The van der Waals surface area contributed by atoms with Crippen LogP contribution >= 0.6 is 11.3 Å². The van der Waals surface area contributed by atoms with E-state index in [0.717, 1.165) is 24.0 Å². The van der Waals surface area contributed by atoms with Crippen molar-refractivity contribution in [3.63, 3.8) is 0 Å². The minimum absolute atomic E-state index is 0.0688. The van der Waals surface area contributed by atoms with Gasteiger partial charge in [-0.15, -0.1) is 11.3 Å². The van der Waals surface area contributed by atoms with Gasteiger partial charge in [-0.3, -0.25) is 9.52 Å². The van der Waals surface area contributed by atoms with Gasteiger partial charge in [-0.2, -0.15) is 13.2 Å². The van der Waals surface area contributed by atoms with Crippen molar-refractivity contribution in [3.05, 3.63) is 45.8 Å². The fourth-order valence-corrected chi connectivity index (χ4v) is 6.36. The standard InChI is InChI=1S/C20H21F3N2O5S2/c1-12-4-3-5-13(10-12)24-32(28,29)19-17(18(27)30-2)14-7-9-25(11-15(14)31-19)16(26)6-8-20(21,22)23/h3-5,10,24H,6-9,11H2,1-2H3. The predicted octanol–water partition coefficient (Wildman–Crippen LogP) is 3.87. The Kier molecular flexibility index (Phi) is 6.84. The summed E-state index contributed by atoms with van der Waals surface area (Å²) in [5.74, 6) is -1.51. The third kappa shape index (κ3) is 5.41. The maximum absolute atomic E-state index is 13.1. The van der Waals surface area contributed by atoms with Crippen molar-refractivity contribution >= 4 is 38.9 Å². The van der Waals surface area contributed by atoms with E-state index in [-0.39, 0.29) is 29.3 Å². The first-order valence-corrected chi connectivity index (χ1v) is 11.9. The smallest absolute Gasteiger partial charge is 0.389 e. The Morgan fingerprint density at radius 2 is 2.00 bits per heavy atom. The van der Waals surface area contributed by atoms with Crippen LogP contribution in [0.1, 0.15) is 39.2 Å². The molecule has 0 bridgehead atoms. The number of ether oxygens (including phenoxy) is 1. The molecule has 32 heavy (non-hydrogen) atoms. The van der Waals surface area contributed by atoms with Crippen molar-refractivity contribution in [2.45, 2.75) is 43.1 Å². The van der Waals surface area contributed by atoms with Gasteiger partial charge in [0, 0.05) is 23.5 Å². The third-order valence-corrected chi connectivity index (χ3v) is 8.02. The molecule has 0 atom stereocenters. The second kappa shape index (κ2) is 9.10. The van der Waals surface area contributed by atoms with Crippen molar-refractivity contribution in [1.29, 1.82) is 0 Å². The zero-order chi connectivity index (χ0) is 23.7. The molecular weight excluding hydrogens is 469 g/mol. The summed E-state index contributed by atoms with van der Waals surface area (Å²) in [6.45, 7) is 1.81. The minimum atomic E-state index is -4.44. The molecular formula is C20H21F3N2O5S2. The fraction of sp³-hybridized carbons (Fsp3) is 0.400. The lowest BCUT2D eigenvalue weighted by Gasteiger charge is -2.27. The van der Waals surface area contributed by atoms with Crippen LogP contribution in [0.25, 0.3) is 0 Å². The average molecular weight is 491 g/mol. The number of esters is 1. The molecule has 1 N–H and O–H groups in total. The number of carbonyl (C=O) groups excluding carboxylic acids is 2. The summed E-state index contributed by atoms with van der Waals surface area (Å²) in [5.41, 5.74) is 1.48. The number of nitrogens with zero attached hydrogens (tertiary/aromatic N) is 1. The fourth-order valence-electron chi connectivity index (χ4n) is 3.41. The molecule has 2 aromatic rings. The molecule has 0 saturated heterocycles. The molecule has 12 heteroatoms. The molecule has 0 aliphatic carbocycles. The average Bonchev–Trinajstić information content (AvgIpc) is 3.10. The van der Waals surface area contributed by atoms with Gasteiger partial charge in [0.1, 0.15) is 0 Å². The first-order valence-electron chi connectivity index (χ1n) is 9.58. The Labute approximate surface area is 187 Å². The molecule has 0 radical (unpaired) electrons. The summed E-state index contributed by atoms with van der Waals surface area (Å²) >= 11 is 0.813. The second-order valence-electron chi connectivity index (χ2n) is 7.31. The van der Waals surface area contributed by atoms with Crippen molar-refractivity contribution < 1.29 is 35.9 Å². The SMILES string of the molecule is COC(=O)c1c(S(=O)(=O)Nc2cccc(C)c2)sc2c1CCN(C(=O)CCC(F)(F)F)C2. The van der Waals surface area contributed by atoms with Crippen LogP contribution in [0, 0.1) is 6.92 Å². The van der Waals surface area contributed by atoms with Crippen LogP contribution in [0.15, 0.2) is 28.5 Å². The topological polar surface area (TPSA) is 92.8 Å². The molecule has 3 rings (SSSR count). The van der Waals surface area contributed by atoms with Crippen LogP contribution in [0.3, 0.4) is 0 Å². The molecule has 1 aliphatic rings. The maximum Gasteiger partial charge on any atom is 0.389 e. The summed E-state index contributed by atoms with van der Waals surface area (Å²) in [4.78, 5) is 26.3. The van der Waals surface area contributed by atoms with E-state index in [1.807, 2.05) is 0 Å². The van der Waals surface area contributed by atoms with E-state index in [1.165, 1.54) is 4.90 Å². The van der Waals surface area contributed by atoms with E-state index < -0.39 is 40.9 Å². The Morgan fingerprint density at radius 3 is 2.62 bits per heavy atom. The lowest BCUT2D eigenvalue weighted by molar-refractivity contribution is -0.149. The normalized spacial score (nSPS) is 14.1. The van der Waals surface area contributed by atoms with Gasteiger partial charge in [0.05, 0.1) is 25.6 Å². The van der Waals surface area contributed by atoms with Crippen LogP contribution in [0.4, 0.5) is 18.9 Å². The number of alkyl halides is 3. The van der Waals surface area contributed by atoms with Crippen LogP contribution < -0.4 is 4.72 Å². The van der Waals surface area contributed by atoms with Crippen LogP contribution in [-0.4, -0.2) is 45.0 Å². The van der Waals surface area contributed by atoms with Gasteiger partial charge in [0.2, 0.25) is 5.91 Å². The highest BCUT2D eigenvalue weighted by atomic mass is 32.2. The maximum atomic E-state index is 13.1. The molecule has 0 saturated carbocycles. The highest BCUT2D eigenvalue weighted by Gasteiger charge is 2.36. The number of hydrogen-bond donors (Lipinski definition) is 1. The zero-order valence-electron chi connectivity index (χ0n) is 17.3. The van der Waals surface area contributed by atoms with Gasteiger partial charge < -0.3 is 9.64 Å². The Bertz CT molecular complexity index is 1140. The molecule has 1 aromatic carbocycles. The largest absolute Gasteiger partial charge is 0.465 e. The Morgan fingerprint density at radius 1 is 1.28 bits per heavy atom. The number of hydrogen-bond acceptors (Lipinski definition) is 6. The number of fused-ring (bicyclic) bond motifs is 1. The van der Waals surface area contributed by atoms with Crippen LogP contribution in [0.2, 0.25) is 0 Å². The van der Waals surface area contributed by atoms with Gasteiger partial charge in [-0.25, -0.2) is 13.2 Å². The van der Waals surface area contributed by atoms with Crippen molar-refractivity contribution in [2.24, 2.45) is 0 Å². The van der Waals surface area contributed by atoms with Gasteiger partial charge in [0.25, 0.3) is 10.0 Å². The number of halogens is 3. The molecule has 1 aromatic heterocycles. The summed E-state index contributed by atoms with van der Waals surface area (Å²) in [6, 6.07) is 6.67. The molecule has 1 amide bonds. The number of rotatable bonds is 6. The molecule has 7 nitrogen and oxygen atoms in total. The van der Waals surface area contributed by atoms with E-state index in [1.54, 1.807) is 31.2 Å². The number of anilines is 1. The minimum Gasteiger partial charge on any atom is -0.465 e. The Balaban J connectivity index is 1.92. The molecule has 1 aliphatic heterocycles. The third-order valence-electron chi connectivity index (χ3n) is 4.90. The van der Waals surface area contributed by atoms with E-state index in [4.69, 9.17) is 4.74 Å². The van der Waals surface area contributed by atoms with Crippen molar-refractivity contribution in [1.82, 2.24) is 4.90 Å². The number of methoxy groups -OCH3 is 1. The number of aryl methyl sites for hydroxylation is 1. The quantitative estimate of drug-likeness (QED) is 0.621. The van der Waals surface area contributed by atoms with E-state index >= 15 is 0 Å². The van der Waals surface area contributed by atoms with Crippen LogP contribution in [-0.2, 0) is 32.5 Å². The summed E-state index contributed by atoms with van der Waals surface area (Å²) in [5, 5.41) is 0. The monoisotopic (exact) mass is 490 g/mol. The van der Waals surface area contributed by atoms with E-state index in [9.17, 15) is 31.2 Å². The van der Waals surface area contributed by atoms with Gasteiger partial charge in [0.15, 0.2) is 4.21 Å². The molecule has 174 valence electrons. The number of thiophene rings is 1. The molecule has 0 spiro atoms. The highest BCUT2D eigenvalue weighted by molar-refractivity contribution is 7.94. The van der Waals surface area contributed by atoms with Crippen LogP contribution in [0.5, 0.6) is 0 Å². The van der Waals surface area contributed by atoms with Crippen molar-refractivity contribution in [2.75, 3.05) is 18.4 Å². The lowest BCUT2D eigenvalue weighted by Crippen LogP contribution is -2.36. The zero-order valence-corrected chi connectivity index (χ0v) is 18.9. The molecule has 0 unspecified atom stereocenters. The number of benzene rings is 1. The number of nitrogens with one attached hydrogen (secondary N) is 1. The summed E-state index contributed by atoms with van der Waals surface area (Å²) < 4.78 is 70.5. The number of amides is 1. The molecule has 0 fully saturated rings. The van der Waals surface area contributed by atoms with Gasteiger partial charge in [-0.1, -0.05) is 12.1 Å². The Hall–Kier alpha value is -2.60. The first-order chi connectivity index (χ1) is 14.9. The van der Waals surface area contributed by atoms with Gasteiger partial charge >= 0.3 is 12.1 Å². The second-order valence-corrected chi connectivity index (χ2v) is 10.3. The van der Waals surface area contributed by atoms with Gasteiger partial charge in [-0.05, 0) is 36.6 Å². The number of carbonyl (C=O) groups is 2. The highest BCUT2D eigenvalue weighted by Crippen LogP contribution is 2.38. The lowest BCUT2D eigenvalue weighted by atomic mass is 10.0. The summed E-state index contributed by atoms with van der Waals surface area (Å²) in [6.07, 6.45) is -6.23. The number of sulfonamides is 1. The van der Waals surface area contributed by atoms with E-state index in [2.05, 4.69) is 4.72 Å². The molecule has 2 heterocycles.